The number of halogens is 1. The minimum absolute atomic E-state index is 0.0339. The van der Waals surface area contributed by atoms with E-state index in [-0.39, 0.29) is 23.4 Å². The Balaban J connectivity index is 1.38. The van der Waals surface area contributed by atoms with Gasteiger partial charge in [-0.15, -0.1) is 10.2 Å². The number of pyridine rings is 1. The summed E-state index contributed by atoms with van der Waals surface area (Å²) < 4.78 is 38.1. The Kier molecular flexibility index (Phi) is 13.4. The van der Waals surface area contributed by atoms with Gasteiger partial charge in [-0.05, 0) is 107 Å². The van der Waals surface area contributed by atoms with Crippen molar-refractivity contribution in [3.8, 4) is 28.9 Å². The van der Waals surface area contributed by atoms with Crippen LogP contribution in [0.15, 0.2) is 18.8 Å². The number of aromatic nitrogens is 7. The highest BCUT2D eigenvalue weighted by Gasteiger charge is 2.38. The van der Waals surface area contributed by atoms with Crippen molar-refractivity contribution in [1.82, 2.24) is 39.2 Å². The average Bonchev–Trinajstić information content (AvgIpc) is 3.74. The maximum Gasteiger partial charge on any atom is 0.246 e. The standard InChI is InChI=1S/C38H59IN8O5Si/c1-13-28-27-20-29(40-21-30(27)47(41-28)32-18-16-17-19-50-32)33-35(48-14-2)42-45(10)37(33)52-26(5)22-44(9)23-31-34(39)36(49-15-3)43-46(31)25(4)24-51-53(11,12)38(6,7)8/h13,20-21,25-26,32H,1,14-19,22-24H2,2-12H3/t25-,26-,32?/m0/s1. The van der Waals surface area contributed by atoms with E-state index >= 15 is 0 Å². The van der Waals surface area contributed by atoms with E-state index in [2.05, 4.69) is 93.5 Å². The third kappa shape index (κ3) is 9.11. The minimum atomic E-state index is -1.93. The third-order valence-corrected chi connectivity index (χ3v) is 15.7. The molecule has 1 unspecified atom stereocenters. The predicted molar refractivity (Wildman–Crippen MR) is 220 cm³/mol. The smallest absolute Gasteiger partial charge is 0.246 e. The maximum atomic E-state index is 6.71. The monoisotopic (exact) mass is 862 g/mol. The van der Waals surface area contributed by atoms with Crippen LogP contribution < -0.4 is 14.2 Å². The second kappa shape index (κ2) is 17.2. The van der Waals surface area contributed by atoms with Crippen LogP contribution in [-0.4, -0.2) is 93.7 Å². The molecule has 0 aromatic carbocycles. The fourth-order valence-electron chi connectivity index (χ4n) is 6.32. The van der Waals surface area contributed by atoms with Crippen molar-refractivity contribution >= 4 is 47.9 Å². The van der Waals surface area contributed by atoms with Crippen molar-refractivity contribution < 1.29 is 23.4 Å². The van der Waals surface area contributed by atoms with Gasteiger partial charge in [-0.25, -0.2) is 9.36 Å². The van der Waals surface area contributed by atoms with Crippen LogP contribution in [-0.2, 0) is 22.8 Å². The second-order valence-corrected chi connectivity index (χ2v) is 21.4. The summed E-state index contributed by atoms with van der Waals surface area (Å²) in [6.07, 6.45) is 6.39. The van der Waals surface area contributed by atoms with Gasteiger partial charge in [0.15, 0.2) is 14.5 Å². The normalized spacial score (nSPS) is 16.7. The zero-order chi connectivity index (χ0) is 38.7. The van der Waals surface area contributed by atoms with E-state index in [0.29, 0.717) is 61.8 Å². The Labute approximate surface area is 329 Å². The summed E-state index contributed by atoms with van der Waals surface area (Å²) in [5, 5.41) is 15.5. The average molecular weight is 863 g/mol. The molecule has 53 heavy (non-hydrogen) atoms. The van der Waals surface area contributed by atoms with Crippen molar-refractivity contribution in [3.05, 3.63) is 33.8 Å². The molecule has 1 saturated heterocycles. The SMILES string of the molecule is C=Cc1nn(C2CCCCO2)c2cnc(-c3c(OCC)nn(C)c3O[C@@H](C)CN(C)Cc3c(I)c(OCC)nn3[C@@H](C)CO[Si](C)(C)C(C)(C)C)cc12. The largest absolute Gasteiger partial charge is 0.476 e. The molecular weight excluding hydrogens is 803 g/mol. The first-order valence-corrected chi connectivity index (χ1v) is 22.8. The molecule has 292 valence electrons. The third-order valence-electron chi connectivity index (χ3n) is 10.2. The summed E-state index contributed by atoms with van der Waals surface area (Å²) in [4.78, 5) is 7.16. The first kappa shape index (κ1) is 41.2. The van der Waals surface area contributed by atoms with Gasteiger partial charge in [0.1, 0.15) is 11.7 Å². The molecule has 1 aliphatic rings. The molecule has 1 fully saturated rings. The van der Waals surface area contributed by atoms with E-state index in [1.165, 1.54) is 0 Å². The molecule has 0 amide bonds. The zero-order valence-corrected chi connectivity index (χ0v) is 36.7. The van der Waals surface area contributed by atoms with E-state index in [0.717, 1.165) is 51.7 Å². The lowest BCUT2D eigenvalue weighted by Gasteiger charge is -2.37. The predicted octanol–water partition coefficient (Wildman–Crippen LogP) is 8.25. The number of likely N-dealkylation sites (N-methyl/N-ethyl adjacent to an activating group) is 1. The molecule has 0 saturated carbocycles. The lowest BCUT2D eigenvalue weighted by molar-refractivity contribution is -0.0367. The van der Waals surface area contributed by atoms with Gasteiger partial charge in [-0.1, -0.05) is 27.4 Å². The number of fused-ring (bicyclic) bond motifs is 1. The summed E-state index contributed by atoms with van der Waals surface area (Å²) in [6, 6.07) is 2.06. The van der Waals surface area contributed by atoms with E-state index in [9.17, 15) is 0 Å². The van der Waals surface area contributed by atoms with Gasteiger partial charge < -0.3 is 23.4 Å². The first-order valence-electron chi connectivity index (χ1n) is 18.8. The molecule has 5 heterocycles. The molecule has 1 aliphatic heterocycles. The molecule has 0 aliphatic carbocycles. The van der Waals surface area contributed by atoms with Crippen LogP contribution in [0, 0.1) is 3.57 Å². The minimum Gasteiger partial charge on any atom is -0.476 e. The fourth-order valence-corrected chi connectivity index (χ4v) is 8.10. The zero-order valence-electron chi connectivity index (χ0n) is 33.5. The highest BCUT2D eigenvalue weighted by molar-refractivity contribution is 14.1. The maximum absolute atomic E-state index is 6.71. The van der Waals surface area contributed by atoms with E-state index < -0.39 is 8.32 Å². The summed E-state index contributed by atoms with van der Waals surface area (Å²) in [6.45, 7) is 27.2. The summed E-state index contributed by atoms with van der Waals surface area (Å²) in [5.74, 6) is 1.71. The van der Waals surface area contributed by atoms with Gasteiger partial charge in [0.25, 0.3) is 0 Å². The van der Waals surface area contributed by atoms with Gasteiger partial charge in [0, 0.05) is 32.1 Å². The highest BCUT2D eigenvalue weighted by atomic mass is 127. The molecule has 0 N–H and O–H groups in total. The van der Waals surface area contributed by atoms with Gasteiger partial charge in [0.2, 0.25) is 17.6 Å². The summed E-state index contributed by atoms with van der Waals surface area (Å²) in [7, 11) is 2.04. The Morgan fingerprint density at radius 3 is 2.47 bits per heavy atom. The van der Waals surface area contributed by atoms with Crippen LogP contribution in [0.1, 0.15) is 91.4 Å². The second-order valence-electron chi connectivity index (χ2n) is 15.5. The van der Waals surface area contributed by atoms with Crippen LogP contribution in [0.25, 0.3) is 28.2 Å². The quantitative estimate of drug-likeness (QED) is 0.0760. The van der Waals surface area contributed by atoms with Crippen molar-refractivity contribution in [2.75, 3.05) is 40.0 Å². The van der Waals surface area contributed by atoms with Gasteiger partial charge in [-0.2, -0.15) is 5.10 Å². The Morgan fingerprint density at radius 2 is 1.83 bits per heavy atom. The van der Waals surface area contributed by atoms with Crippen LogP contribution >= 0.6 is 22.6 Å². The molecule has 4 aromatic rings. The molecule has 13 nitrogen and oxygen atoms in total. The first-order chi connectivity index (χ1) is 25.1. The molecule has 5 rings (SSSR count). The molecule has 0 spiro atoms. The van der Waals surface area contributed by atoms with Crippen molar-refractivity contribution in [3.63, 3.8) is 0 Å². The Morgan fingerprint density at radius 1 is 1.11 bits per heavy atom. The number of hydrogen-bond acceptors (Lipinski definition) is 10. The molecular formula is C38H59IN8O5Si. The van der Waals surface area contributed by atoms with Crippen LogP contribution in [0.5, 0.6) is 17.6 Å². The van der Waals surface area contributed by atoms with E-state index in [4.69, 9.17) is 43.7 Å². The van der Waals surface area contributed by atoms with Gasteiger partial charge in [0.05, 0.1) is 58.2 Å². The van der Waals surface area contributed by atoms with Crippen LogP contribution in [0.4, 0.5) is 0 Å². The number of rotatable bonds is 17. The Bertz CT molecular complexity index is 1860. The van der Waals surface area contributed by atoms with E-state index in [1.54, 1.807) is 10.8 Å². The van der Waals surface area contributed by atoms with E-state index in [1.807, 2.05) is 37.8 Å². The fraction of sp³-hybridized carbons (Fsp3) is 0.632. The number of hydrogen-bond donors (Lipinski definition) is 0. The van der Waals surface area contributed by atoms with Gasteiger partial charge >= 0.3 is 0 Å². The van der Waals surface area contributed by atoms with Crippen molar-refractivity contribution in [1.29, 1.82) is 0 Å². The summed E-state index contributed by atoms with van der Waals surface area (Å²) >= 11 is 2.36. The summed E-state index contributed by atoms with van der Waals surface area (Å²) in [5.41, 5.74) is 4.15. The molecule has 4 aromatic heterocycles. The lowest BCUT2D eigenvalue weighted by Crippen LogP contribution is -2.42. The Hall–Kier alpha value is -2.99. The van der Waals surface area contributed by atoms with Gasteiger partial charge in [-0.3, -0.25) is 14.6 Å². The highest BCUT2D eigenvalue weighted by Crippen LogP contribution is 2.40. The lowest BCUT2D eigenvalue weighted by atomic mass is 10.1. The number of aryl methyl sites for hydroxylation is 1. The molecule has 0 radical (unpaired) electrons. The number of nitrogens with zero attached hydrogens (tertiary/aromatic N) is 8. The van der Waals surface area contributed by atoms with Crippen LogP contribution in [0.2, 0.25) is 18.1 Å². The van der Waals surface area contributed by atoms with Crippen molar-refractivity contribution in [2.24, 2.45) is 7.05 Å². The molecule has 3 atom stereocenters. The molecule has 0 bridgehead atoms. The molecule has 15 heteroatoms. The number of ether oxygens (including phenoxy) is 4. The van der Waals surface area contributed by atoms with Crippen LogP contribution in [0.3, 0.4) is 0 Å². The van der Waals surface area contributed by atoms with Crippen molar-refractivity contribution in [2.45, 2.75) is 111 Å². The topological polar surface area (TPSA) is 116 Å².